The number of fused-ring (bicyclic) bond motifs is 8. The van der Waals surface area contributed by atoms with Crippen LogP contribution in [0.15, 0.2) is 297 Å². The molecule has 360 valence electrons. The molecule has 0 bridgehead atoms. The summed E-state index contributed by atoms with van der Waals surface area (Å²) in [5, 5.41) is 7.51. The van der Waals surface area contributed by atoms with Crippen molar-refractivity contribution in [3.63, 3.8) is 0 Å². The summed E-state index contributed by atoms with van der Waals surface area (Å²) in [6, 6.07) is 110. The maximum absolute atomic E-state index is 2.50. The molecule has 0 saturated carbocycles. The van der Waals surface area contributed by atoms with E-state index < -0.39 is 5.41 Å². The van der Waals surface area contributed by atoms with Crippen molar-refractivity contribution in [1.82, 2.24) is 0 Å². The van der Waals surface area contributed by atoms with Crippen molar-refractivity contribution in [1.29, 1.82) is 0 Å². The molecule has 0 fully saturated rings. The molecule has 1 aliphatic carbocycles. The van der Waals surface area contributed by atoms with E-state index in [0.717, 1.165) is 22.6 Å². The molecular weight excluding hydrogens is 947 g/mol. The van der Waals surface area contributed by atoms with Crippen LogP contribution in [0.25, 0.3) is 97.4 Å². The summed E-state index contributed by atoms with van der Waals surface area (Å²) in [6.07, 6.45) is 0. The topological polar surface area (TPSA) is 3.24 Å². The molecule has 2 heteroatoms. The highest BCUT2D eigenvalue weighted by Gasteiger charge is 2.46. The molecule has 77 heavy (non-hydrogen) atoms. The number of nitrogens with zero attached hydrogens (tertiary/aromatic N) is 1. The summed E-state index contributed by atoms with van der Waals surface area (Å²) in [6.45, 7) is 0. The first-order valence-electron chi connectivity index (χ1n) is 26.6. The quantitative estimate of drug-likeness (QED) is 0.139. The van der Waals surface area contributed by atoms with Gasteiger partial charge in [0.1, 0.15) is 0 Å². The van der Waals surface area contributed by atoms with E-state index in [1.807, 2.05) is 11.3 Å². The number of hydrogen-bond acceptors (Lipinski definition) is 2. The van der Waals surface area contributed by atoms with Gasteiger partial charge in [0, 0.05) is 37.1 Å². The zero-order valence-corrected chi connectivity index (χ0v) is 43.0. The molecular formula is C75H49NS. The van der Waals surface area contributed by atoms with Gasteiger partial charge in [-0.1, -0.05) is 249 Å². The van der Waals surface area contributed by atoms with E-state index in [4.69, 9.17) is 0 Å². The van der Waals surface area contributed by atoms with Crippen molar-refractivity contribution in [3.8, 4) is 55.6 Å². The Morgan fingerprint density at radius 1 is 0.286 bits per heavy atom. The molecule has 0 amide bonds. The minimum atomic E-state index is -0.498. The van der Waals surface area contributed by atoms with E-state index in [2.05, 4.69) is 302 Å². The monoisotopic (exact) mass is 995 g/mol. The second-order valence-electron chi connectivity index (χ2n) is 20.3. The van der Waals surface area contributed by atoms with E-state index >= 15 is 0 Å². The van der Waals surface area contributed by atoms with Crippen molar-refractivity contribution in [2.24, 2.45) is 0 Å². The number of rotatable bonds is 9. The van der Waals surface area contributed by atoms with Gasteiger partial charge in [-0.3, -0.25) is 0 Å². The molecule has 0 N–H and O–H groups in total. The third kappa shape index (κ3) is 7.29. The Hall–Kier alpha value is -9.60. The largest absolute Gasteiger partial charge is 0.310 e. The molecule has 14 aromatic rings. The van der Waals surface area contributed by atoms with Crippen LogP contribution in [-0.2, 0) is 5.41 Å². The van der Waals surface area contributed by atoms with Crippen LogP contribution in [0, 0.1) is 0 Å². The van der Waals surface area contributed by atoms with E-state index in [1.165, 1.54) is 114 Å². The standard InChI is InChI=1S/C75H49NS/c1-3-26-57(27-4-1)75(58-28-5-2-6-29-58)69-37-13-11-33-65(69)66-44-41-55(49-70(66)75)54-24-16-30-60(48-54)76(59-42-39-50(40-43-59)53-23-15-25-56(47-53)63-35-17-21-51-19-7-9-31-61(51)63)71-46-45-67(64-36-18-22-52-20-8-10-32-62(52)64)74-73(71)68-34-12-14-38-72(68)77-74/h1-49H. The van der Waals surface area contributed by atoms with Gasteiger partial charge in [0.15, 0.2) is 0 Å². The zero-order valence-electron chi connectivity index (χ0n) is 42.1. The second-order valence-corrected chi connectivity index (χ2v) is 21.3. The summed E-state index contributed by atoms with van der Waals surface area (Å²) in [5.41, 5.74) is 20.1. The Morgan fingerprint density at radius 3 is 1.56 bits per heavy atom. The van der Waals surface area contributed by atoms with Crippen LogP contribution < -0.4 is 4.90 Å². The first-order valence-corrected chi connectivity index (χ1v) is 27.4. The number of thiophene rings is 1. The fourth-order valence-corrected chi connectivity index (χ4v) is 13.9. The molecule has 15 rings (SSSR count). The maximum atomic E-state index is 2.50. The predicted molar refractivity (Wildman–Crippen MR) is 328 cm³/mol. The molecule has 0 atom stereocenters. The summed E-state index contributed by atoms with van der Waals surface area (Å²) in [7, 11) is 0. The minimum absolute atomic E-state index is 0.498. The van der Waals surface area contributed by atoms with Gasteiger partial charge < -0.3 is 4.90 Å². The van der Waals surface area contributed by atoms with Crippen molar-refractivity contribution < 1.29 is 0 Å². The van der Waals surface area contributed by atoms with Gasteiger partial charge in [0.2, 0.25) is 0 Å². The Bertz CT molecular complexity index is 4520. The SMILES string of the molecule is c1ccc(C2(c3ccccc3)c3ccccc3-c3ccc(-c4cccc(N(c5ccc(-c6cccc(-c7cccc8ccccc78)c6)cc5)c5ccc(-c6cccc7ccccc67)c6sc7ccccc7c56)c4)cc32)cc1. The van der Waals surface area contributed by atoms with E-state index in [1.54, 1.807) is 0 Å². The highest BCUT2D eigenvalue weighted by molar-refractivity contribution is 7.26. The second kappa shape index (κ2) is 18.4. The number of hydrogen-bond donors (Lipinski definition) is 0. The smallest absolute Gasteiger partial charge is 0.0713 e. The molecule has 0 radical (unpaired) electrons. The van der Waals surface area contributed by atoms with Gasteiger partial charge in [-0.25, -0.2) is 0 Å². The van der Waals surface area contributed by atoms with Crippen molar-refractivity contribution in [2.45, 2.75) is 5.41 Å². The van der Waals surface area contributed by atoms with Gasteiger partial charge in [-0.2, -0.15) is 0 Å². The van der Waals surface area contributed by atoms with Crippen molar-refractivity contribution in [2.75, 3.05) is 4.90 Å². The Kier molecular flexibility index (Phi) is 10.7. The van der Waals surface area contributed by atoms with Crippen LogP contribution >= 0.6 is 11.3 Å². The van der Waals surface area contributed by atoms with Crippen LogP contribution in [-0.4, -0.2) is 0 Å². The first kappa shape index (κ1) is 44.8. The molecule has 1 aromatic heterocycles. The lowest BCUT2D eigenvalue weighted by molar-refractivity contribution is 0.769. The molecule has 1 aliphatic rings. The molecule has 0 unspecified atom stereocenters. The van der Waals surface area contributed by atoms with Gasteiger partial charge in [0.25, 0.3) is 0 Å². The van der Waals surface area contributed by atoms with Crippen LogP contribution in [0.4, 0.5) is 17.1 Å². The van der Waals surface area contributed by atoms with Crippen molar-refractivity contribution >= 4 is 70.1 Å². The highest BCUT2D eigenvalue weighted by atomic mass is 32.1. The molecule has 0 aliphatic heterocycles. The van der Waals surface area contributed by atoms with Gasteiger partial charge in [0.05, 0.1) is 11.1 Å². The summed E-state index contributed by atoms with van der Waals surface area (Å²) < 4.78 is 2.55. The summed E-state index contributed by atoms with van der Waals surface area (Å²) >= 11 is 1.89. The predicted octanol–water partition coefficient (Wildman–Crippen LogP) is 20.9. The normalized spacial score (nSPS) is 12.5. The first-order chi connectivity index (χ1) is 38.2. The summed E-state index contributed by atoms with van der Waals surface area (Å²) in [4.78, 5) is 2.50. The zero-order chi connectivity index (χ0) is 50.9. The number of anilines is 3. The third-order valence-corrected chi connectivity index (χ3v) is 17.3. The van der Waals surface area contributed by atoms with E-state index in [-0.39, 0.29) is 0 Å². The molecule has 0 spiro atoms. The lowest BCUT2D eigenvalue weighted by Gasteiger charge is -2.34. The Labute approximate surface area is 452 Å². The van der Waals surface area contributed by atoms with Crippen LogP contribution in [0.3, 0.4) is 0 Å². The van der Waals surface area contributed by atoms with Gasteiger partial charge in [-0.05, 0) is 142 Å². The van der Waals surface area contributed by atoms with Gasteiger partial charge >= 0.3 is 0 Å². The lowest BCUT2D eigenvalue weighted by atomic mass is 9.67. The van der Waals surface area contributed by atoms with E-state index in [9.17, 15) is 0 Å². The molecule has 1 nitrogen and oxygen atoms in total. The average molecular weight is 996 g/mol. The van der Waals surface area contributed by atoms with Crippen LogP contribution in [0.1, 0.15) is 22.3 Å². The Morgan fingerprint density at radius 2 is 0.805 bits per heavy atom. The highest BCUT2D eigenvalue weighted by Crippen LogP contribution is 2.57. The Balaban J connectivity index is 0.918. The third-order valence-electron chi connectivity index (χ3n) is 16.1. The van der Waals surface area contributed by atoms with Crippen LogP contribution in [0.2, 0.25) is 0 Å². The lowest BCUT2D eigenvalue weighted by Crippen LogP contribution is -2.28. The van der Waals surface area contributed by atoms with Crippen LogP contribution in [0.5, 0.6) is 0 Å². The number of benzene rings is 13. The maximum Gasteiger partial charge on any atom is 0.0713 e. The van der Waals surface area contributed by atoms with Crippen molar-refractivity contribution in [3.05, 3.63) is 320 Å². The molecule has 0 saturated heterocycles. The molecule has 1 heterocycles. The van der Waals surface area contributed by atoms with Gasteiger partial charge in [-0.15, -0.1) is 11.3 Å². The average Bonchev–Trinajstić information content (AvgIpc) is 4.28. The summed E-state index contributed by atoms with van der Waals surface area (Å²) in [5.74, 6) is 0. The van der Waals surface area contributed by atoms with E-state index in [0.29, 0.717) is 0 Å². The molecule has 13 aromatic carbocycles. The fraction of sp³-hybridized carbons (Fsp3) is 0.0133. The fourth-order valence-electron chi connectivity index (χ4n) is 12.7. The minimum Gasteiger partial charge on any atom is -0.310 e.